The van der Waals surface area contributed by atoms with E-state index in [1.165, 1.54) is 0 Å². The van der Waals surface area contributed by atoms with Gasteiger partial charge in [0.05, 0.1) is 0 Å². The largest absolute Gasteiger partial charge is 1.00 e. The molecule has 1 aliphatic rings. The summed E-state index contributed by atoms with van der Waals surface area (Å²) >= 11 is 0. The number of carboxylic acid groups (broad SMARTS) is 1. The van der Waals surface area contributed by atoms with E-state index in [1.807, 2.05) is 19.1 Å². The fourth-order valence-electron chi connectivity index (χ4n) is 2.13. The van der Waals surface area contributed by atoms with Crippen LogP contribution in [0.3, 0.4) is 0 Å². The number of aryl methyl sites for hydroxylation is 1. The molecule has 1 amide bonds. The average molecular weight is 284 g/mol. The zero-order valence-corrected chi connectivity index (χ0v) is 13.9. The topological polar surface area (TPSA) is 82.1 Å². The first kappa shape index (κ1) is 17.1. The molecule has 1 aliphatic carbocycles. The quantitative estimate of drug-likeness (QED) is 0.578. The van der Waals surface area contributed by atoms with Crippen LogP contribution in [0.4, 0.5) is 0 Å². The second-order valence-corrected chi connectivity index (χ2v) is 5.05. The van der Waals surface area contributed by atoms with E-state index in [0.29, 0.717) is 25.8 Å². The zero-order chi connectivity index (χ0) is 13.8. The number of amides is 1. The van der Waals surface area contributed by atoms with Gasteiger partial charge in [-0.2, -0.15) is 0 Å². The van der Waals surface area contributed by atoms with Gasteiger partial charge in [0.1, 0.15) is 0 Å². The summed E-state index contributed by atoms with van der Waals surface area (Å²) in [6.45, 7) is 2.50. The molecule has 2 rings (SSSR count). The van der Waals surface area contributed by atoms with Crippen molar-refractivity contribution in [3.63, 3.8) is 0 Å². The van der Waals surface area contributed by atoms with Crippen LogP contribution in [0.15, 0.2) is 18.3 Å². The van der Waals surface area contributed by atoms with Crippen LogP contribution in [-0.4, -0.2) is 23.4 Å². The Labute approximate surface area is 140 Å². The number of nitrogens with zero attached hydrogens (tertiary/aromatic N) is 1. The molecule has 5 nitrogen and oxygen atoms in total. The van der Waals surface area contributed by atoms with Crippen molar-refractivity contribution in [3.05, 3.63) is 29.6 Å². The fraction of sp³-hybridized carbons (Fsp3) is 0.500. The summed E-state index contributed by atoms with van der Waals surface area (Å²) in [5.74, 6) is -1.74. The minimum Gasteiger partial charge on any atom is -0.550 e. The van der Waals surface area contributed by atoms with E-state index >= 15 is 0 Å². The molecule has 0 atom stereocenters. The molecular weight excluding hydrogens is 267 g/mol. The van der Waals surface area contributed by atoms with E-state index in [9.17, 15) is 14.7 Å². The molecule has 0 radical (unpaired) electrons. The second kappa shape index (κ2) is 7.76. The fourth-order valence-corrected chi connectivity index (χ4v) is 2.13. The Morgan fingerprint density at radius 1 is 1.35 bits per heavy atom. The van der Waals surface area contributed by atoms with Gasteiger partial charge in [0.25, 0.3) is 0 Å². The van der Waals surface area contributed by atoms with Crippen molar-refractivity contribution in [3.8, 4) is 0 Å². The molecule has 0 saturated heterocycles. The Morgan fingerprint density at radius 2 is 2.05 bits per heavy atom. The van der Waals surface area contributed by atoms with Crippen LogP contribution in [0.1, 0.15) is 24.1 Å². The number of hydrogen-bond acceptors (Lipinski definition) is 4. The maximum atomic E-state index is 11.7. The van der Waals surface area contributed by atoms with Crippen molar-refractivity contribution >= 4 is 11.9 Å². The molecule has 0 aliphatic heterocycles. The summed E-state index contributed by atoms with van der Waals surface area (Å²) in [6.07, 6.45) is 3.28. The van der Waals surface area contributed by atoms with Crippen molar-refractivity contribution < 1.29 is 44.3 Å². The molecule has 1 aromatic rings. The molecule has 1 heterocycles. The third-order valence-corrected chi connectivity index (χ3v) is 3.50. The number of pyridine rings is 1. The molecular formula is C14H17N2NaO3. The van der Waals surface area contributed by atoms with Gasteiger partial charge in [-0.1, -0.05) is 6.07 Å². The molecule has 0 aromatic carbocycles. The first-order valence-electron chi connectivity index (χ1n) is 6.46. The van der Waals surface area contributed by atoms with Crippen molar-refractivity contribution in [1.82, 2.24) is 10.3 Å². The first-order chi connectivity index (χ1) is 9.06. The third-order valence-electron chi connectivity index (χ3n) is 3.50. The van der Waals surface area contributed by atoms with Gasteiger partial charge in [-0.3, -0.25) is 9.78 Å². The van der Waals surface area contributed by atoms with Crippen molar-refractivity contribution in [2.75, 3.05) is 6.54 Å². The van der Waals surface area contributed by atoms with Gasteiger partial charge in [0, 0.05) is 42.7 Å². The van der Waals surface area contributed by atoms with Crippen molar-refractivity contribution in [2.24, 2.45) is 11.8 Å². The van der Waals surface area contributed by atoms with Crippen LogP contribution in [0.2, 0.25) is 0 Å². The minimum atomic E-state index is -1.05. The van der Waals surface area contributed by atoms with Crippen LogP contribution in [0.25, 0.3) is 0 Å². The van der Waals surface area contributed by atoms with E-state index in [4.69, 9.17) is 0 Å². The van der Waals surface area contributed by atoms with Gasteiger partial charge < -0.3 is 15.2 Å². The van der Waals surface area contributed by atoms with E-state index in [0.717, 1.165) is 11.3 Å². The molecule has 0 unspecified atom stereocenters. The predicted molar refractivity (Wildman–Crippen MR) is 66.9 cm³/mol. The summed E-state index contributed by atoms with van der Waals surface area (Å²) < 4.78 is 0. The van der Waals surface area contributed by atoms with Crippen molar-refractivity contribution in [2.45, 2.75) is 26.2 Å². The minimum absolute atomic E-state index is 0. The standard InChI is InChI=1S/C14H18N2O3.Na/c1-9-2-3-12(16-8-9)4-5-15-13(17)10-6-11(7-10)14(18)19;/h2-3,8,10-11H,4-7H2,1H3,(H,15,17)(H,18,19);/q;+1/p-1. The average Bonchev–Trinajstić information content (AvgIpc) is 2.29. The maximum absolute atomic E-state index is 11.7. The molecule has 102 valence electrons. The Morgan fingerprint density at radius 3 is 2.60 bits per heavy atom. The van der Waals surface area contributed by atoms with Crippen LogP contribution >= 0.6 is 0 Å². The smallest absolute Gasteiger partial charge is 0.550 e. The molecule has 6 heteroatoms. The number of hydrogen-bond donors (Lipinski definition) is 1. The number of carbonyl (C=O) groups excluding carboxylic acids is 2. The van der Waals surface area contributed by atoms with Crippen LogP contribution < -0.4 is 40.0 Å². The van der Waals surface area contributed by atoms with Gasteiger partial charge in [0.2, 0.25) is 5.91 Å². The van der Waals surface area contributed by atoms with E-state index < -0.39 is 11.9 Å². The maximum Gasteiger partial charge on any atom is 1.00 e. The van der Waals surface area contributed by atoms with E-state index in [1.54, 1.807) is 6.20 Å². The SMILES string of the molecule is Cc1ccc(CCNC(=O)C2CC(C(=O)[O-])C2)nc1.[Na+]. The summed E-state index contributed by atoms with van der Waals surface area (Å²) in [5, 5.41) is 13.3. The molecule has 1 aromatic heterocycles. The Balaban J connectivity index is 0.00000200. The van der Waals surface area contributed by atoms with Crippen LogP contribution in [0, 0.1) is 18.8 Å². The second-order valence-electron chi connectivity index (χ2n) is 5.05. The Bertz CT molecular complexity index is 470. The van der Waals surface area contributed by atoms with E-state index in [-0.39, 0.29) is 41.4 Å². The summed E-state index contributed by atoms with van der Waals surface area (Å²) in [6, 6.07) is 3.93. The van der Waals surface area contributed by atoms with Gasteiger partial charge in [0.15, 0.2) is 0 Å². The number of carboxylic acids is 1. The van der Waals surface area contributed by atoms with Gasteiger partial charge in [-0.15, -0.1) is 0 Å². The molecule has 1 saturated carbocycles. The number of rotatable bonds is 5. The van der Waals surface area contributed by atoms with E-state index in [2.05, 4.69) is 10.3 Å². The third kappa shape index (κ3) is 4.58. The summed E-state index contributed by atoms with van der Waals surface area (Å²) in [4.78, 5) is 26.5. The summed E-state index contributed by atoms with van der Waals surface area (Å²) in [5.41, 5.74) is 2.04. The molecule has 1 fully saturated rings. The summed E-state index contributed by atoms with van der Waals surface area (Å²) in [7, 11) is 0. The van der Waals surface area contributed by atoms with Gasteiger partial charge >= 0.3 is 29.6 Å². The number of aliphatic carboxylic acids is 1. The monoisotopic (exact) mass is 284 g/mol. The van der Waals surface area contributed by atoms with Gasteiger partial charge in [-0.25, -0.2) is 0 Å². The number of nitrogens with one attached hydrogen (secondary N) is 1. The van der Waals surface area contributed by atoms with Crippen LogP contribution in [0.5, 0.6) is 0 Å². The van der Waals surface area contributed by atoms with Gasteiger partial charge in [-0.05, 0) is 31.4 Å². The Kier molecular flexibility index (Phi) is 6.65. The van der Waals surface area contributed by atoms with Crippen LogP contribution in [-0.2, 0) is 16.0 Å². The molecule has 0 bridgehead atoms. The Hall–Kier alpha value is -0.910. The predicted octanol–water partition coefficient (Wildman–Crippen LogP) is -3.17. The van der Waals surface area contributed by atoms with Crippen molar-refractivity contribution in [1.29, 1.82) is 0 Å². The number of carbonyl (C=O) groups is 2. The molecule has 20 heavy (non-hydrogen) atoms. The number of aromatic nitrogens is 1. The normalized spacial score (nSPS) is 20.4. The molecule has 0 spiro atoms. The first-order valence-corrected chi connectivity index (χ1v) is 6.46. The zero-order valence-electron chi connectivity index (χ0n) is 11.9. The molecule has 1 N–H and O–H groups in total.